The number of aryl methyl sites for hydroxylation is 1. The molecule has 2 aromatic heterocycles. The largest absolute Gasteiger partial charge is 0.488 e. The summed E-state index contributed by atoms with van der Waals surface area (Å²) in [5.41, 5.74) is 1.51. The second-order valence-electron chi connectivity index (χ2n) is 9.82. The summed E-state index contributed by atoms with van der Waals surface area (Å²) >= 11 is 1.38. The molecule has 4 rings (SSSR count). The van der Waals surface area contributed by atoms with Gasteiger partial charge in [0.05, 0.1) is 17.9 Å². The molecule has 8 nitrogen and oxygen atoms in total. The number of rotatable bonds is 7. The first-order chi connectivity index (χ1) is 16.8. The number of likely N-dealkylation sites (tertiary alicyclic amines) is 1. The lowest BCUT2D eigenvalue weighted by atomic mass is 9.91. The highest BCUT2D eigenvalue weighted by molar-refractivity contribution is 7.12. The first-order valence-corrected chi connectivity index (χ1v) is 12.7. The molecule has 1 amide bonds. The summed E-state index contributed by atoms with van der Waals surface area (Å²) in [6.07, 6.45) is 3.35. The molecule has 0 spiro atoms. The number of thiophene rings is 1. The predicted molar refractivity (Wildman–Crippen MR) is 132 cm³/mol. The molecule has 0 radical (unpaired) electrons. The van der Waals surface area contributed by atoms with Crippen LogP contribution in [0.4, 0.5) is 4.79 Å². The number of aliphatic hydroxyl groups is 1. The summed E-state index contributed by atoms with van der Waals surface area (Å²) in [5, 5.41) is 24.1. The van der Waals surface area contributed by atoms with Gasteiger partial charge in [-0.3, -0.25) is 0 Å². The summed E-state index contributed by atoms with van der Waals surface area (Å²) < 4.78 is 17.0. The van der Waals surface area contributed by atoms with Gasteiger partial charge >= 0.3 is 6.09 Å². The van der Waals surface area contributed by atoms with Crippen LogP contribution in [0.5, 0.6) is 5.75 Å². The molecule has 1 N–H and O–H groups in total. The molecule has 9 heteroatoms. The number of carbonyl (C=O) groups excluding carboxylic acids is 1. The molecular formula is C26H31N3O5S. The molecule has 35 heavy (non-hydrogen) atoms. The van der Waals surface area contributed by atoms with Crippen LogP contribution in [0.3, 0.4) is 0 Å². The standard InChI is InChI=1S/C26H31N3O5S/c1-26(2,3)33-25(31)29-12-10-17(11-13-29)4-8-22-20-7-9-23(21(15-30)24(20)34-28-22)32-16-19-6-5-18(14-27)35-19/h5-7,9,17,30H,4,8,10-13,15-16H2,1-3H3. The summed E-state index contributed by atoms with van der Waals surface area (Å²) in [6, 6.07) is 9.52. The molecule has 0 aliphatic carbocycles. The Labute approximate surface area is 209 Å². The van der Waals surface area contributed by atoms with Crippen molar-refractivity contribution in [3.63, 3.8) is 0 Å². The van der Waals surface area contributed by atoms with Gasteiger partial charge in [0.2, 0.25) is 0 Å². The Balaban J connectivity index is 1.35. The van der Waals surface area contributed by atoms with E-state index in [1.165, 1.54) is 11.3 Å². The highest BCUT2D eigenvalue weighted by Crippen LogP contribution is 2.33. The Morgan fingerprint density at radius 1 is 1.29 bits per heavy atom. The van der Waals surface area contributed by atoms with Crippen molar-refractivity contribution in [3.8, 4) is 11.8 Å². The molecule has 1 saturated heterocycles. The van der Waals surface area contributed by atoms with Crippen LogP contribution in [0.15, 0.2) is 28.8 Å². The maximum Gasteiger partial charge on any atom is 0.410 e. The minimum absolute atomic E-state index is 0.224. The fourth-order valence-corrected chi connectivity index (χ4v) is 5.01. The Bertz CT molecular complexity index is 1210. The van der Waals surface area contributed by atoms with Crippen LogP contribution < -0.4 is 4.74 Å². The van der Waals surface area contributed by atoms with E-state index in [1.54, 1.807) is 11.0 Å². The lowest BCUT2D eigenvalue weighted by Crippen LogP contribution is -2.41. The Morgan fingerprint density at radius 3 is 2.71 bits per heavy atom. The fraction of sp³-hybridized carbons (Fsp3) is 0.500. The monoisotopic (exact) mass is 497 g/mol. The minimum Gasteiger partial charge on any atom is -0.488 e. The Hall–Kier alpha value is -3.09. The molecule has 0 atom stereocenters. The molecule has 186 valence electrons. The van der Waals surface area contributed by atoms with Crippen LogP contribution in [-0.2, 0) is 24.4 Å². The third kappa shape index (κ3) is 6.13. The second kappa shape index (κ2) is 10.7. The molecule has 0 saturated carbocycles. The predicted octanol–water partition coefficient (Wildman–Crippen LogP) is 5.41. The lowest BCUT2D eigenvalue weighted by molar-refractivity contribution is 0.0181. The van der Waals surface area contributed by atoms with E-state index in [2.05, 4.69) is 11.2 Å². The second-order valence-corrected chi connectivity index (χ2v) is 11.0. The molecule has 3 heterocycles. The molecule has 1 fully saturated rings. The number of benzene rings is 1. The number of piperidine rings is 1. The van der Waals surface area contributed by atoms with Crippen molar-refractivity contribution in [2.24, 2.45) is 5.92 Å². The van der Waals surface area contributed by atoms with Gasteiger partial charge in [-0.05, 0) is 76.6 Å². The third-order valence-corrected chi connectivity index (χ3v) is 7.09. The van der Waals surface area contributed by atoms with E-state index in [-0.39, 0.29) is 12.7 Å². The maximum atomic E-state index is 12.3. The molecule has 1 aromatic carbocycles. The number of aliphatic hydroxyl groups excluding tert-OH is 1. The summed E-state index contributed by atoms with van der Waals surface area (Å²) in [4.78, 5) is 15.6. The highest BCUT2D eigenvalue weighted by atomic mass is 32.1. The number of carbonyl (C=O) groups is 1. The van der Waals surface area contributed by atoms with Gasteiger partial charge in [-0.2, -0.15) is 5.26 Å². The van der Waals surface area contributed by atoms with Gasteiger partial charge in [-0.25, -0.2) is 4.79 Å². The summed E-state index contributed by atoms with van der Waals surface area (Å²) in [7, 11) is 0. The van der Waals surface area contributed by atoms with Gasteiger partial charge in [0, 0.05) is 23.4 Å². The van der Waals surface area contributed by atoms with E-state index in [0.29, 0.717) is 47.4 Å². The van der Waals surface area contributed by atoms with E-state index >= 15 is 0 Å². The number of nitrogens with zero attached hydrogens (tertiary/aromatic N) is 3. The van der Waals surface area contributed by atoms with Crippen molar-refractivity contribution in [1.82, 2.24) is 10.1 Å². The van der Waals surface area contributed by atoms with Crippen molar-refractivity contribution >= 4 is 28.4 Å². The van der Waals surface area contributed by atoms with Crippen LogP contribution in [0.2, 0.25) is 0 Å². The quantitative estimate of drug-likeness (QED) is 0.465. The first kappa shape index (κ1) is 25.0. The highest BCUT2D eigenvalue weighted by Gasteiger charge is 2.27. The molecular weight excluding hydrogens is 466 g/mol. The number of aromatic nitrogens is 1. The number of ether oxygens (including phenoxy) is 2. The van der Waals surface area contributed by atoms with Gasteiger partial charge in [0.1, 0.15) is 28.9 Å². The van der Waals surface area contributed by atoms with Gasteiger partial charge in [-0.15, -0.1) is 11.3 Å². The molecule has 1 aliphatic heterocycles. The third-order valence-electron chi connectivity index (χ3n) is 6.13. The van der Waals surface area contributed by atoms with Crippen molar-refractivity contribution in [2.45, 2.75) is 65.3 Å². The number of amides is 1. The van der Waals surface area contributed by atoms with Gasteiger partial charge in [-0.1, -0.05) is 5.16 Å². The van der Waals surface area contributed by atoms with E-state index in [4.69, 9.17) is 19.3 Å². The van der Waals surface area contributed by atoms with Crippen LogP contribution >= 0.6 is 11.3 Å². The molecule has 1 aliphatic rings. The molecule has 0 bridgehead atoms. The zero-order chi connectivity index (χ0) is 25.0. The van der Waals surface area contributed by atoms with Crippen molar-refractivity contribution in [1.29, 1.82) is 5.26 Å². The number of hydrogen-bond donors (Lipinski definition) is 1. The van der Waals surface area contributed by atoms with Crippen LogP contribution in [0, 0.1) is 17.2 Å². The topological polar surface area (TPSA) is 109 Å². The van der Waals surface area contributed by atoms with Gasteiger partial charge in [0.25, 0.3) is 0 Å². The zero-order valence-electron chi connectivity index (χ0n) is 20.4. The van der Waals surface area contributed by atoms with Gasteiger partial charge in [0.15, 0.2) is 5.58 Å². The Kier molecular flexibility index (Phi) is 7.63. The van der Waals surface area contributed by atoms with Crippen molar-refractivity contribution < 1.29 is 23.9 Å². The zero-order valence-corrected chi connectivity index (χ0v) is 21.2. The van der Waals surface area contributed by atoms with E-state index < -0.39 is 5.60 Å². The van der Waals surface area contributed by atoms with Crippen LogP contribution in [0.1, 0.15) is 61.0 Å². The average Bonchev–Trinajstić information content (AvgIpc) is 3.47. The van der Waals surface area contributed by atoms with E-state index in [0.717, 1.165) is 41.6 Å². The van der Waals surface area contributed by atoms with E-state index in [9.17, 15) is 9.90 Å². The average molecular weight is 498 g/mol. The van der Waals surface area contributed by atoms with Crippen LogP contribution in [0.25, 0.3) is 11.0 Å². The minimum atomic E-state index is -0.481. The lowest BCUT2D eigenvalue weighted by Gasteiger charge is -2.33. The smallest absolute Gasteiger partial charge is 0.410 e. The number of fused-ring (bicyclic) bond motifs is 1. The summed E-state index contributed by atoms with van der Waals surface area (Å²) in [6.45, 7) is 7.14. The SMILES string of the molecule is CC(C)(C)OC(=O)N1CCC(CCc2noc3c(CO)c(OCc4ccc(C#N)s4)ccc23)CC1. The van der Waals surface area contributed by atoms with Crippen LogP contribution in [-0.4, -0.2) is 39.9 Å². The molecule has 0 unspecified atom stereocenters. The van der Waals surface area contributed by atoms with Gasteiger partial charge < -0.3 is 24.0 Å². The summed E-state index contributed by atoms with van der Waals surface area (Å²) in [5.74, 6) is 1.05. The Morgan fingerprint density at radius 2 is 2.06 bits per heavy atom. The van der Waals surface area contributed by atoms with Crippen molar-refractivity contribution in [2.75, 3.05) is 13.1 Å². The van der Waals surface area contributed by atoms with E-state index in [1.807, 2.05) is 39.0 Å². The van der Waals surface area contributed by atoms with Crippen molar-refractivity contribution in [3.05, 3.63) is 45.3 Å². The number of hydrogen-bond acceptors (Lipinski definition) is 8. The maximum absolute atomic E-state index is 12.3. The molecule has 3 aromatic rings. The fourth-order valence-electron chi connectivity index (χ4n) is 4.29. The normalized spacial score (nSPS) is 14.8. The number of nitriles is 1. The first-order valence-electron chi connectivity index (χ1n) is 11.9.